The van der Waals surface area contributed by atoms with Gasteiger partial charge in [0, 0.05) is 16.1 Å². The van der Waals surface area contributed by atoms with Crippen LogP contribution in [0, 0.1) is 5.82 Å². The highest BCUT2D eigenvalue weighted by Gasteiger charge is 2.41. The molecule has 118 valence electrons. The molecule has 21 heavy (non-hydrogen) atoms. The molecule has 0 bridgehead atoms. The molecule has 1 aromatic carbocycles. The van der Waals surface area contributed by atoms with Gasteiger partial charge in [-0.1, -0.05) is 41.3 Å². The molecule has 0 saturated heterocycles. The van der Waals surface area contributed by atoms with Crippen molar-refractivity contribution in [1.29, 1.82) is 0 Å². The number of benzene rings is 1. The first-order valence-electron chi connectivity index (χ1n) is 7.57. The Balaban J connectivity index is 2.24. The second kappa shape index (κ2) is 7.18. The van der Waals surface area contributed by atoms with E-state index in [1.165, 1.54) is 31.4 Å². The van der Waals surface area contributed by atoms with Crippen LogP contribution in [0.2, 0.25) is 0 Å². The summed E-state index contributed by atoms with van der Waals surface area (Å²) in [6.07, 6.45) is 6.85. The van der Waals surface area contributed by atoms with Crippen molar-refractivity contribution in [3.63, 3.8) is 0 Å². The third kappa shape index (κ3) is 3.65. The van der Waals surface area contributed by atoms with Gasteiger partial charge in [-0.15, -0.1) is 0 Å². The molecule has 1 aromatic rings. The quantitative estimate of drug-likeness (QED) is 0.627. The molecule has 0 heterocycles. The van der Waals surface area contributed by atoms with Gasteiger partial charge >= 0.3 is 0 Å². The standard InChI is InChI=1S/C16H25BrFN3/c1-21(2)16(8-4-3-5-9-16)15(20-19)10-12-6-7-13(18)11-14(12)17/h6-7,11,15,20H,3-5,8-10,19H2,1-2H3. The Morgan fingerprint density at radius 3 is 2.52 bits per heavy atom. The molecule has 1 unspecified atom stereocenters. The number of likely N-dealkylation sites (N-methyl/N-ethyl adjacent to an activating group) is 1. The maximum atomic E-state index is 13.2. The zero-order valence-corrected chi connectivity index (χ0v) is 14.4. The Morgan fingerprint density at radius 1 is 1.33 bits per heavy atom. The van der Waals surface area contributed by atoms with Gasteiger partial charge in [0.2, 0.25) is 0 Å². The highest BCUT2D eigenvalue weighted by atomic mass is 79.9. The lowest BCUT2D eigenvalue weighted by Gasteiger charge is -2.48. The van der Waals surface area contributed by atoms with Gasteiger partial charge in [0.25, 0.3) is 0 Å². The zero-order chi connectivity index (χ0) is 15.5. The molecule has 3 N–H and O–H groups in total. The van der Waals surface area contributed by atoms with Crippen LogP contribution in [0.4, 0.5) is 4.39 Å². The molecule has 0 aliphatic heterocycles. The first-order valence-corrected chi connectivity index (χ1v) is 8.36. The largest absolute Gasteiger partial charge is 0.302 e. The highest BCUT2D eigenvalue weighted by Crippen LogP contribution is 2.36. The van der Waals surface area contributed by atoms with E-state index in [-0.39, 0.29) is 17.4 Å². The number of nitrogens with one attached hydrogen (secondary N) is 1. The number of nitrogens with two attached hydrogens (primary N) is 1. The summed E-state index contributed by atoms with van der Waals surface area (Å²) in [5.41, 5.74) is 4.19. The van der Waals surface area contributed by atoms with Gasteiger partial charge in [0.15, 0.2) is 0 Å². The number of hydrazine groups is 1. The average Bonchev–Trinajstić information content (AvgIpc) is 2.47. The van der Waals surface area contributed by atoms with Crippen molar-refractivity contribution in [2.45, 2.75) is 50.1 Å². The van der Waals surface area contributed by atoms with Gasteiger partial charge < -0.3 is 4.90 Å². The molecule has 1 atom stereocenters. The summed E-state index contributed by atoms with van der Waals surface area (Å²) in [4.78, 5) is 2.31. The third-order valence-corrected chi connectivity index (χ3v) is 5.64. The van der Waals surface area contributed by atoms with Crippen LogP contribution in [0.15, 0.2) is 22.7 Å². The van der Waals surface area contributed by atoms with Crippen LogP contribution in [0.25, 0.3) is 0 Å². The Labute approximate surface area is 135 Å². The van der Waals surface area contributed by atoms with Crippen molar-refractivity contribution in [3.8, 4) is 0 Å². The van der Waals surface area contributed by atoms with E-state index < -0.39 is 0 Å². The molecule has 0 spiro atoms. The summed E-state index contributed by atoms with van der Waals surface area (Å²) < 4.78 is 14.1. The predicted octanol–water partition coefficient (Wildman–Crippen LogP) is 3.23. The highest BCUT2D eigenvalue weighted by molar-refractivity contribution is 9.10. The first kappa shape index (κ1) is 16.9. The molecule has 1 fully saturated rings. The summed E-state index contributed by atoms with van der Waals surface area (Å²) in [6.45, 7) is 0. The lowest BCUT2D eigenvalue weighted by molar-refractivity contribution is 0.0568. The molecular weight excluding hydrogens is 333 g/mol. The monoisotopic (exact) mass is 357 g/mol. The molecule has 1 saturated carbocycles. The SMILES string of the molecule is CN(C)C1(C(Cc2ccc(F)cc2Br)NN)CCCCC1. The van der Waals surface area contributed by atoms with Crippen molar-refractivity contribution >= 4 is 15.9 Å². The summed E-state index contributed by atoms with van der Waals surface area (Å²) in [6, 6.07) is 5.02. The smallest absolute Gasteiger partial charge is 0.124 e. The summed E-state index contributed by atoms with van der Waals surface area (Å²) in [5, 5.41) is 0. The van der Waals surface area contributed by atoms with Crippen molar-refractivity contribution in [1.82, 2.24) is 10.3 Å². The first-order chi connectivity index (χ1) is 9.99. The Bertz CT molecular complexity index is 473. The van der Waals surface area contributed by atoms with E-state index in [0.29, 0.717) is 0 Å². The minimum atomic E-state index is -0.220. The Morgan fingerprint density at radius 2 is 2.00 bits per heavy atom. The Hall–Kier alpha value is -0.490. The minimum absolute atomic E-state index is 0.0703. The molecule has 1 aliphatic rings. The van der Waals surface area contributed by atoms with Gasteiger partial charge in [0.1, 0.15) is 5.82 Å². The van der Waals surface area contributed by atoms with Crippen LogP contribution >= 0.6 is 15.9 Å². The van der Waals surface area contributed by atoms with E-state index >= 15 is 0 Å². The summed E-state index contributed by atoms with van der Waals surface area (Å²) >= 11 is 3.46. The van der Waals surface area contributed by atoms with E-state index in [1.807, 2.05) is 6.07 Å². The number of rotatable bonds is 5. The van der Waals surface area contributed by atoms with Gasteiger partial charge in [-0.05, 0) is 51.1 Å². The number of hydrogen-bond donors (Lipinski definition) is 2. The third-order valence-electron chi connectivity index (χ3n) is 4.90. The zero-order valence-electron chi connectivity index (χ0n) is 12.8. The minimum Gasteiger partial charge on any atom is -0.302 e. The van der Waals surface area contributed by atoms with Crippen molar-refractivity contribution in [3.05, 3.63) is 34.1 Å². The fourth-order valence-electron chi connectivity index (χ4n) is 3.58. The Kier molecular flexibility index (Phi) is 5.77. The fraction of sp³-hybridized carbons (Fsp3) is 0.625. The number of hydrogen-bond acceptors (Lipinski definition) is 3. The van der Waals surface area contributed by atoms with E-state index in [9.17, 15) is 4.39 Å². The lowest BCUT2D eigenvalue weighted by atomic mass is 9.73. The number of halogens is 2. The average molecular weight is 358 g/mol. The van der Waals surface area contributed by atoms with E-state index in [1.54, 1.807) is 0 Å². The van der Waals surface area contributed by atoms with E-state index in [0.717, 1.165) is 29.3 Å². The van der Waals surface area contributed by atoms with Gasteiger partial charge in [-0.3, -0.25) is 11.3 Å². The van der Waals surface area contributed by atoms with E-state index in [2.05, 4.69) is 40.4 Å². The van der Waals surface area contributed by atoms with Gasteiger partial charge in [0.05, 0.1) is 0 Å². The maximum absolute atomic E-state index is 13.2. The molecule has 0 amide bonds. The molecule has 5 heteroatoms. The molecular formula is C16H25BrFN3. The fourth-order valence-corrected chi connectivity index (χ4v) is 4.10. The van der Waals surface area contributed by atoms with E-state index in [4.69, 9.17) is 5.84 Å². The van der Waals surface area contributed by atoms with Gasteiger partial charge in [-0.25, -0.2) is 4.39 Å². The van der Waals surface area contributed by atoms with Crippen LogP contribution in [-0.2, 0) is 6.42 Å². The van der Waals surface area contributed by atoms with Crippen LogP contribution in [0.1, 0.15) is 37.7 Å². The summed E-state index contributed by atoms with van der Waals surface area (Å²) in [7, 11) is 4.27. The topological polar surface area (TPSA) is 41.3 Å². The van der Waals surface area contributed by atoms with Crippen molar-refractivity contribution < 1.29 is 4.39 Å². The molecule has 0 aromatic heterocycles. The number of nitrogens with zero attached hydrogens (tertiary/aromatic N) is 1. The van der Waals surface area contributed by atoms with Gasteiger partial charge in [-0.2, -0.15) is 0 Å². The lowest BCUT2D eigenvalue weighted by Crippen LogP contribution is -2.62. The second-order valence-electron chi connectivity index (χ2n) is 6.22. The molecule has 3 nitrogen and oxygen atoms in total. The molecule has 0 radical (unpaired) electrons. The van der Waals surface area contributed by atoms with Crippen LogP contribution in [0.3, 0.4) is 0 Å². The maximum Gasteiger partial charge on any atom is 0.124 e. The molecule has 2 rings (SSSR count). The van der Waals surface area contributed by atoms with Crippen LogP contribution < -0.4 is 11.3 Å². The molecule has 1 aliphatic carbocycles. The van der Waals surface area contributed by atoms with Crippen LogP contribution in [0.5, 0.6) is 0 Å². The predicted molar refractivity (Wildman–Crippen MR) is 88.4 cm³/mol. The van der Waals surface area contributed by atoms with Crippen molar-refractivity contribution in [2.75, 3.05) is 14.1 Å². The van der Waals surface area contributed by atoms with Crippen molar-refractivity contribution in [2.24, 2.45) is 5.84 Å². The summed E-state index contributed by atoms with van der Waals surface area (Å²) in [5.74, 6) is 5.67. The van der Waals surface area contributed by atoms with Crippen LogP contribution in [-0.4, -0.2) is 30.6 Å². The normalized spacial score (nSPS) is 19.7. The second-order valence-corrected chi connectivity index (χ2v) is 7.07.